The normalized spacial score (nSPS) is 16.8. The van der Waals surface area contributed by atoms with Crippen molar-refractivity contribution in [1.82, 2.24) is 0 Å². The second kappa shape index (κ2) is 7.38. The van der Waals surface area contributed by atoms with Gasteiger partial charge in [0.1, 0.15) is 5.75 Å². The summed E-state index contributed by atoms with van der Waals surface area (Å²) in [5, 5.41) is 2.90. The van der Waals surface area contributed by atoms with E-state index >= 15 is 0 Å². The first kappa shape index (κ1) is 17.0. The van der Waals surface area contributed by atoms with Crippen molar-refractivity contribution < 1.29 is 14.3 Å². The molecule has 0 unspecified atom stereocenters. The first-order valence-electron chi connectivity index (χ1n) is 8.49. The van der Waals surface area contributed by atoms with Crippen molar-refractivity contribution in [1.29, 1.82) is 0 Å². The van der Waals surface area contributed by atoms with Gasteiger partial charge in [-0.1, -0.05) is 30.3 Å². The molecule has 1 aliphatic heterocycles. The van der Waals surface area contributed by atoms with Gasteiger partial charge < -0.3 is 15.0 Å². The first-order chi connectivity index (χ1) is 12.1. The topological polar surface area (TPSA) is 58.6 Å². The summed E-state index contributed by atoms with van der Waals surface area (Å²) in [7, 11) is 0. The lowest BCUT2D eigenvalue weighted by Crippen LogP contribution is -2.28. The second-order valence-electron chi connectivity index (χ2n) is 6.11. The van der Waals surface area contributed by atoms with Crippen LogP contribution in [0.3, 0.4) is 0 Å². The van der Waals surface area contributed by atoms with E-state index in [9.17, 15) is 9.59 Å². The molecule has 1 fully saturated rings. The Morgan fingerprint density at radius 1 is 1.20 bits per heavy atom. The van der Waals surface area contributed by atoms with Crippen molar-refractivity contribution >= 4 is 23.2 Å². The van der Waals surface area contributed by atoms with Crippen molar-refractivity contribution in [2.75, 3.05) is 23.4 Å². The molecule has 1 aliphatic rings. The maximum Gasteiger partial charge on any atom is 0.229 e. The SMILES string of the molecule is CCOc1ccccc1NC(=O)[C@H]1CC(=O)N(c2ccccc2C)C1. The Bertz CT molecular complexity index is 788. The third-order valence-electron chi connectivity index (χ3n) is 4.35. The number of ether oxygens (including phenoxy) is 1. The summed E-state index contributed by atoms with van der Waals surface area (Å²) in [6.45, 7) is 4.78. The molecule has 0 aromatic heterocycles. The van der Waals surface area contributed by atoms with Gasteiger partial charge in [0.25, 0.3) is 0 Å². The van der Waals surface area contributed by atoms with Gasteiger partial charge in [-0.15, -0.1) is 0 Å². The van der Waals surface area contributed by atoms with Crippen LogP contribution in [0.4, 0.5) is 11.4 Å². The molecule has 0 saturated carbocycles. The molecule has 0 aliphatic carbocycles. The van der Waals surface area contributed by atoms with E-state index in [1.165, 1.54) is 0 Å². The van der Waals surface area contributed by atoms with Gasteiger partial charge in [-0.3, -0.25) is 9.59 Å². The Kier molecular flexibility index (Phi) is 5.03. The number of amides is 2. The zero-order valence-corrected chi connectivity index (χ0v) is 14.5. The van der Waals surface area contributed by atoms with Crippen molar-refractivity contribution in [2.24, 2.45) is 5.92 Å². The Labute approximate surface area is 147 Å². The molecule has 5 nitrogen and oxygen atoms in total. The average molecular weight is 338 g/mol. The molecule has 0 bridgehead atoms. The third kappa shape index (κ3) is 3.65. The summed E-state index contributed by atoms with van der Waals surface area (Å²) in [6, 6.07) is 15.1. The van der Waals surface area contributed by atoms with E-state index in [1.807, 2.05) is 56.3 Å². The Morgan fingerprint density at radius 3 is 2.68 bits per heavy atom. The summed E-state index contributed by atoms with van der Waals surface area (Å²) in [6.07, 6.45) is 0.219. The molecule has 2 aromatic rings. The Hall–Kier alpha value is -2.82. The number of hydrogen-bond acceptors (Lipinski definition) is 3. The van der Waals surface area contributed by atoms with Gasteiger partial charge in [-0.2, -0.15) is 0 Å². The van der Waals surface area contributed by atoms with Crippen molar-refractivity contribution in [3.63, 3.8) is 0 Å². The smallest absolute Gasteiger partial charge is 0.229 e. The van der Waals surface area contributed by atoms with Crippen LogP contribution in [0.1, 0.15) is 18.9 Å². The molecule has 1 N–H and O–H groups in total. The van der Waals surface area contributed by atoms with Gasteiger partial charge in [-0.25, -0.2) is 0 Å². The molecule has 25 heavy (non-hydrogen) atoms. The van der Waals surface area contributed by atoms with Gasteiger partial charge >= 0.3 is 0 Å². The zero-order chi connectivity index (χ0) is 17.8. The summed E-state index contributed by atoms with van der Waals surface area (Å²) >= 11 is 0. The number of carbonyl (C=O) groups excluding carboxylic acids is 2. The van der Waals surface area contributed by atoms with Crippen LogP contribution in [0, 0.1) is 12.8 Å². The van der Waals surface area contributed by atoms with E-state index in [0.29, 0.717) is 24.6 Å². The van der Waals surface area contributed by atoms with Gasteiger partial charge in [-0.05, 0) is 37.6 Å². The molecule has 1 saturated heterocycles. The van der Waals surface area contributed by atoms with Crippen molar-refractivity contribution in [3.05, 3.63) is 54.1 Å². The van der Waals surface area contributed by atoms with Crippen LogP contribution >= 0.6 is 0 Å². The lowest BCUT2D eigenvalue weighted by atomic mass is 10.1. The lowest BCUT2D eigenvalue weighted by Gasteiger charge is -2.19. The monoisotopic (exact) mass is 338 g/mol. The minimum absolute atomic E-state index is 0.0208. The molecule has 5 heteroatoms. The van der Waals surface area contributed by atoms with Crippen LogP contribution < -0.4 is 15.0 Å². The number of benzene rings is 2. The van der Waals surface area contributed by atoms with Crippen molar-refractivity contribution in [2.45, 2.75) is 20.3 Å². The van der Waals surface area contributed by atoms with E-state index < -0.39 is 0 Å². The van der Waals surface area contributed by atoms with Gasteiger partial charge in [0.05, 0.1) is 18.2 Å². The highest BCUT2D eigenvalue weighted by atomic mass is 16.5. The highest BCUT2D eigenvalue weighted by Gasteiger charge is 2.35. The number of aryl methyl sites for hydroxylation is 1. The van der Waals surface area contributed by atoms with E-state index in [4.69, 9.17) is 4.74 Å². The molecule has 2 aromatic carbocycles. The van der Waals surface area contributed by atoms with Crippen LogP contribution in [0.15, 0.2) is 48.5 Å². The minimum atomic E-state index is -0.373. The van der Waals surface area contributed by atoms with Gasteiger partial charge in [0.2, 0.25) is 11.8 Å². The summed E-state index contributed by atoms with van der Waals surface area (Å²) in [4.78, 5) is 26.7. The average Bonchev–Trinajstić information content (AvgIpc) is 2.99. The number of hydrogen-bond donors (Lipinski definition) is 1. The molecular formula is C20H22N2O3. The molecule has 3 rings (SSSR count). The van der Waals surface area contributed by atoms with E-state index in [0.717, 1.165) is 11.3 Å². The predicted octanol–water partition coefficient (Wildman–Crippen LogP) is 3.39. The fourth-order valence-electron chi connectivity index (χ4n) is 3.07. The quantitative estimate of drug-likeness (QED) is 0.909. The van der Waals surface area contributed by atoms with E-state index in [1.54, 1.807) is 11.0 Å². The molecule has 130 valence electrons. The van der Waals surface area contributed by atoms with E-state index in [2.05, 4.69) is 5.32 Å². The molecule has 0 radical (unpaired) electrons. The number of anilines is 2. The van der Waals surface area contributed by atoms with Crippen LogP contribution in [0.5, 0.6) is 5.75 Å². The second-order valence-corrected chi connectivity index (χ2v) is 6.11. The van der Waals surface area contributed by atoms with Crippen molar-refractivity contribution in [3.8, 4) is 5.75 Å². The Morgan fingerprint density at radius 2 is 1.92 bits per heavy atom. The largest absolute Gasteiger partial charge is 0.492 e. The minimum Gasteiger partial charge on any atom is -0.492 e. The van der Waals surface area contributed by atoms with Crippen LogP contribution in [0.2, 0.25) is 0 Å². The standard InChI is InChI=1S/C20H22N2O3/c1-3-25-18-11-7-5-9-16(18)21-20(24)15-12-19(23)22(13-15)17-10-6-4-8-14(17)2/h4-11,15H,3,12-13H2,1-2H3,(H,21,24)/t15-/m0/s1. The van der Waals surface area contributed by atoms with Crippen LogP contribution in [0.25, 0.3) is 0 Å². The molecular weight excluding hydrogens is 316 g/mol. The summed E-state index contributed by atoms with van der Waals surface area (Å²) in [5.41, 5.74) is 2.53. The number of rotatable bonds is 5. The number of carbonyl (C=O) groups is 2. The van der Waals surface area contributed by atoms with Gasteiger partial charge in [0.15, 0.2) is 0 Å². The first-order valence-corrected chi connectivity index (χ1v) is 8.49. The number of para-hydroxylation sites is 3. The van der Waals surface area contributed by atoms with Crippen LogP contribution in [-0.4, -0.2) is 25.0 Å². The summed E-state index contributed by atoms with van der Waals surface area (Å²) in [5.74, 6) is 0.0874. The lowest BCUT2D eigenvalue weighted by molar-refractivity contribution is -0.122. The number of nitrogens with zero attached hydrogens (tertiary/aromatic N) is 1. The fraction of sp³-hybridized carbons (Fsp3) is 0.300. The molecule has 1 atom stereocenters. The van der Waals surface area contributed by atoms with Gasteiger partial charge in [0, 0.05) is 18.7 Å². The maximum absolute atomic E-state index is 12.6. The molecule has 0 spiro atoms. The number of nitrogens with one attached hydrogen (secondary N) is 1. The molecule has 2 amide bonds. The summed E-state index contributed by atoms with van der Waals surface area (Å²) < 4.78 is 5.54. The molecule has 1 heterocycles. The maximum atomic E-state index is 12.6. The fourth-order valence-corrected chi connectivity index (χ4v) is 3.07. The van der Waals surface area contributed by atoms with Crippen LogP contribution in [-0.2, 0) is 9.59 Å². The highest BCUT2D eigenvalue weighted by molar-refractivity contribution is 6.04. The predicted molar refractivity (Wildman–Crippen MR) is 97.9 cm³/mol. The van der Waals surface area contributed by atoms with E-state index in [-0.39, 0.29) is 24.2 Å². The zero-order valence-electron chi connectivity index (χ0n) is 14.5. The Balaban J connectivity index is 1.72. The third-order valence-corrected chi connectivity index (χ3v) is 4.35. The highest BCUT2D eigenvalue weighted by Crippen LogP contribution is 2.30.